The van der Waals surface area contributed by atoms with Crippen LogP contribution in [0.5, 0.6) is 5.75 Å². The fraction of sp³-hybridized carbons (Fsp3) is 0.682. The van der Waals surface area contributed by atoms with E-state index < -0.39 is 0 Å². The van der Waals surface area contributed by atoms with Crippen molar-refractivity contribution in [3.63, 3.8) is 0 Å². The van der Waals surface area contributed by atoms with Crippen LogP contribution in [0.25, 0.3) is 0 Å². The van der Waals surface area contributed by atoms with Crippen LogP contribution >= 0.6 is 0 Å². The minimum atomic E-state index is -0.161. The van der Waals surface area contributed by atoms with Crippen molar-refractivity contribution in [1.82, 2.24) is 10.2 Å². The number of rotatable bonds is 4. The zero-order valence-electron chi connectivity index (χ0n) is 16.6. The number of nitrogens with zero attached hydrogens (tertiary/aromatic N) is 1. The van der Waals surface area contributed by atoms with Gasteiger partial charge in [-0.25, -0.2) is 0 Å². The molecule has 1 amide bonds. The SMILES string of the molecule is CC(C)CN1CCC2(CC1)CC(NC(=O)C1CCOC1)c1ccccc1O2. The number of carbonyl (C=O) groups excluding carboxylic acids is 1. The van der Waals surface area contributed by atoms with Gasteiger partial charge in [-0.2, -0.15) is 0 Å². The Balaban J connectivity index is 1.49. The van der Waals surface area contributed by atoms with Crippen LogP contribution in [0, 0.1) is 11.8 Å². The molecule has 0 radical (unpaired) electrons. The summed E-state index contributed by atoms with van der Waals surface area (Å²) in [5, 5.41) is 3.32. The van der Waals surface area contributed by atoms with Gasteiger partial charge in [0.1, 0.15) is 11.4 Å². The van der Waals surface area contributed by atoms with E-state index in [2.05, 4.69) is 36.2 Å². The van der Waals surface area contributed by atoms with Gasteiger partial charge in [-0.1, -0.05) is 32.0 Å². The number of ether oxygens (including phenoxy) is 2. The molecule has 3 aliphatic heterocycles. The Morgan fingerprint density at radius 3 is 2.78 bits per heavy atom. The third-order valence-corrected chi connectivity index (χ3v) is 6.20. The van der Waals surface area contributed by atoms with E-state index in [1.165, 1.54) is 0 Å². The first-order chi connectivity index (χ1) is 13.0. The average Bonchev–Trinajstić information content (AvgIpc) is 3.18. The number of benzene rings is 1. The van der Waals surface area contributed by atoms with E-state index in [4.69, 9.17) is 9.47 Å². The minimum absolute atomic E-state index is 0.0103. The Bertz CT molecular complexity index is 661. The zero-order chi connectivity index (χ0) is 18.9. The molecule has 3 aliphatic rings. The number of fused-ring (bicyclic) bond motifs is 1. The average molecular weight is 373 g/mol. The maximum Gasteiger partial charge on any atom is 0.226 e. The Labute approximate surface area is 162 Å². The molecule has 2 unspecified atom stereocenters. The van der Waals surface area contributed by atoms with Gasteiger partial charge in [0.2, 0.25) is 5.91 Å². The van der Waals surface area contributed by atoms with Gasteiger partial charge < -0.3 is 19.7 Å². The van der Waals surface area contributed by atoms with E-state index in [1.54, 1.807) is 0 Å². The van der Waals surface area contributed by atoms with Crippen molar-refractivity contribution in [2.75, 3.05) is 32.8 Å². The second kappa shape index (κ2) is 7.80. The smallest absolute Gasteiger partial charge is 0.226 e. The summed E-state index contributed by atoms with van der Waals surface area (Å²) in [6.07, 6.45) is 3.73. The molecule has 1 aromatic rings. The molecule has 2 saturated heterocycles. The van der Waals surface area contributed by atoms with E-state index in [0.29, 0.717) is 19.1 Å². The first-order valence-electron chi connectivity index (χ1n) is 10.4. The van der Waals surface area contributed by atoms with Crippen molar-refractivity contribution in [1.29, 1.82) is 0 Å². The number of hydrogen-bond donors (Lipinski definition) is 1. The first kappa shape index (κ1) is 18.8. The lowest BCUT2D eigenvalue weighted by Crippen LogP contribution is -2.53. The molecular weight excluding hydrogens is 340 g/mol. The number of amides is 1. The fourth-order valence-electron chi connectivity index (χ4n) is 4.74. The molecule has 148 valence electrons. The highest BCUT2D eigenvalue weighted by Gasteiger charge is 2.44. The largest absolute Gasteiger partial charge is 0.487 e. The number of carbonyl (C=O) groups is 1. The van der Waals surface area contributed by atoms with E-state index in [1.807, 2.05) is 12.1 Å². The van der Waals surface area contributed by atoms with Gasteiger partial charge in [-0.05, 0) is 31.2 Å². The molecule has 1 N–H and O–H groups in total. The highest BCUT2D eigenvalue weighted by atomic mass is 16.5. The number of para-hydroxylation sites is 1. The Morgan fingerprint density at radius 2 is 2.07 bits per heavy atom. The lowest BCUT2D eigenvalue weighted by Gasteiger charge is -2.47. The summed E-state index contributed by atoms with van der Waals surface area (Å²) in [6.45, 7) is 9.07. The van der Waals surface area contributed by atoms with Crippen molar-refractivity contribution < 1.29 is 14.3 Å². The molecule has 0 saturated carbocycles. The zero-order valence-corrected chi connectivity index (χ0v) is 16.6. The van der Waals surface area contributed by atoms with Crippen LogP contribution < -0.4 is 10.1 Å². The maximum absolute atomic E-state index is 12.7. The molecule has 1 spiro atoms. The summed E-state index contributed by atoms with van der Waals surface area (Å²) >= 11 is 0. The topological polar surface area (TPSA) is 50.8 Å². The summed E-state index contributed by atoms with van der Waals surface area (Å²) in [5.41, 5.74) is 0.950. The third kappa shape index (κ3) is 4.14. The quantitative estimate of drug-likeness (QED) is 0.882. The molecule has 2 fully saturated rings. The van der Waals surface area contributed by atoms with Crippen LogP contribution in [0.15, 0.2) is 24.3 Å². The highest BCUT2D eigenvalue weighted by Crippen LogP contribution is 2.44. The predicted octanol–water partition coefficient (Wildman–Crippen LogP) is 3.15. The molecule has 3 heterocycles. The van der Waals surface area contributed by atoms with E-state index in [0.717, 1.165) is 56.6 Å². The highest BCUT2D eigenvalue weighted by molar-refractivity contribution is 5.79. The normalized spacial score (nSPS) is 27.4. The van der Waals surface area contributed by atoms with E-state index >= 15 is 0 Å². The number of nitrogens with one attached hydrogen (secondary N) is 1. The van der Waals surface area contributed by atoms with E-state index in [-0.39, 0.29) is 23.5 Å². The lowest BCUT2D eigenvalue weighted by molar-refractivity contribution is -0.126. The molecule has 27 heavy (non-hydrogen) atoms. The summed E-state index contributed by atoms with van der Waals surface area (Å²) in [5.74, 6) is 1.74. The number of piperidine rings is 1. The predicted molar refractivity (Wildman–Crippen MR) is 105 cm³/mol. The Kier molecular flexibility index (Phi) is 5.42. The van der Waals surface area contributed by atoms with Crippen LogP contribution in [0.2, 0.25) is 0 Å². The van der Waals surface area contributed by atoms with Crippen molar-refractivity contribution in [3.8, 4) is 5.75 Å². The van der Waals surface area contributed by atoms with Crippen molar-refractivity contribution in [3.05, 3.63) is 29.8 Å². The summed E-state index contributed by atoms with van der Waals surface area (Å²) in [4.78, 5) is 15.3. The number of likely N-dealkylation sites (tertiary alicyclic amines) is 1. The summed E-state index contributed by atoms with van der Waals surface area (Å²) < 4.78 is 11.9. The molecule has 1 aromatic carbocycles. The molecular formula is C22H32N2O3. The van der Waals surface area contributed by atoms with Crippen molar-refractivity contribution in [2.45, 2.75) is 51.2 Å². The van der Waals surface area contributed by atoms with Crippen LogP contribution in [-0.2, 0) is 9.53 Å². The minimum Gasteiger partial charge on any atom is -0.487 e. The maximum atomic E-state index is 12.7. The lowest BCUT2D eigenvalue weighted by atomic mass is 9.80. The van der Waals surface area contributed by atoms with Gasteiger partial charge in [0.25, 0.3) is 0 Å². The van der Waals surface area contributed by atoms with Gasteiger partial charge >= 0.3 is 0 Å². The second-order valence-electron chi connectivity index (χ2n) is 8.84. The van der Waals surface area contributed by atoms with E-state index in [9.17, 15) is 4.79 Å². The fourth-order valence-corrected chi connectivity index (χ4v) is 4.74. The van der Waals surface area contributed by atoms with Gasteiger partial charge in [0.15, 0.2) is 0 Å². The van der Waals surface area contributed by atoms with Crippen LogP contribution in [0.4, 0.5) is 0 Å². The van der Waals surface area contributed by atoms with Gasteiger partial charge in [0, 0.05) is 38.2 Å². The molecule has 0 aromatic heterocycles. The van der Waals surface area contributed by atoms with Gasteiger partial charge in [-0.15, -0.1) is 0 Å². The Hall–Kier alpha value is -1.59. The summed E-state index contributed by atoms with van der Waals surface area (Å²) in [6, 6.07) is 8.22. The summed E-state index contributed by atoms with van der Waals surface area (Å²) in [7, 11) is 0. The van der Waals surface area contributed by atoms with Gasteiger partial charge in [-0.3, -0.25) is 4.79 Å². The van der Waals surface area contributed by atoms with Crippen LogP contribution in [0.1, 0.15) is 51.1 Å². The Morgan fingerprint density at radius 1 is 1.30 bits per heavy atom. The molecule has 2 atom stereocenters. The standard InChI is InChI=1S/C22H32N2O3/c1-16(2)14-24-10-8-22(9-11-24)13-19(18-5-3-4-6-20(18)27-22)23-21(25)17-7-12-26-15-17/h3-6,16-17,19H,7-15H2,1-2H3,(H,23,25). The van der Waals surface area contributed by atoms with Crippen LogP contribution in [0.3, 0.4) is 0 Å². The first-order valence-corrected chi connectivity index (χ1v) is 10.4. The molecule has 0 aliphatic carbocycles. The molecule has 5 nitrogen and oxygen atoms in total. The van der Waals surface area contributed by atoms with Crippen molar-refractivity contribution in [2.24, 2.45) is 11.8 Å². The van der Waals surface area contributed by atoms with Crippen LogP contribution in [-0.4, -0.2) is 49.3 Å². The number of hydrogen-bond acceptors (Lipinski definition) is 4. The van der Waals surface area contributed by atoms with Crippen molar-refractivity contribution >= 4 is 5.91 Å². The second-order valence-corrected chi connectivity index (χ2v) is 8.84. The van der Waals surface area contributed by atoms with Gasteiger partial charge in [0.05, 0.1) is 18.6 Å². The molecule has 5 heteroatoms. The third-order valence-electron chi connectivity index (χ3n) is 6.20. The molecule has 4 rings (SSSR count). The molecule has 0 bridgehead atoms. The monoisotopic (exact) mass is 372 g/mol.